The van der Waals surface area contributed by atoms with E-state index in [0.717, 1.165) is 12.8 Å². The molecule has 1 heterocycles. The van der Waals surface area contributed by atoms with E-state index in [-0.39, 0.29) is 5.57 Å². The summed E-state index contributed by atoms with van der Waals surface area (Å²) < 4.78 is 43.9. The van der Waals surface area contributed by atoms with Crippen molar-refractivity contribution in [3.63, 3.8) is 0 Å². The van der Waals surface area contributed by atoms with Gasteiger partial charge in [0.15, 0.2) is 0 Å². The molecule has 0 radical (unpaired) electrons. The summed E-state index contributed by atoms with van der Waals surface area (Å²) in [5, 5.41) is 0. The highest BCUT2D eigenvalue weighted by atomic mass is 19.4. The molecule has 1 saturated carbocycles. The molecule has 2 fully saturated rings. The first-order chi connectivity index (χ1) is 10.8. The van der Waals surface area contributed by atoms with E-state index in [1.807, 2.05) is 0 Å². The summed E-state index contributed by atoms with van der Waals surface area (Å²) >= 11 is 0. The fourth-order valence-electron chi connectivity index (χ4n) is 4.40. The minimum atomic E-state index is -4.86. The molecule has 1 unspecified atom stereocenters. The molecule has 0 aromatic carbocycles. The Balaban J connectivity index is 1.97. The maximum absolute atomic E-state index is 13.0. The smallest absolute Gasteiger partial charge is 0.454 e. The summed E-state index contributed by atoms with van der Waals surface area (Å²) in [5.74, 6) is -2.17. The first-order valence-electron chi connectivity index (χ1n) is 8.00. The van der Waals surface area contributed by atoms with Gasteiger partial charge in [-0.25, -0.2) is 4.79 Å². The van der Waals surface area contributed by atoms with Gasteiger partial charge in [0.1, 0.15) is 6.04 Å². The average molecular weight is 331 g/mol. The number of hydrogen-bond acceptors (Lipinski definition) is 4. The molecule has 3 rings (SSSR count). The number of nitrogens with zero attached hydrogens (tertiary/aromatic N) is 1. The largest absolute Gasteiger partial charge is 0.467 e. The van der Waals surface area contributed by atoms with Gasteiger partial charge in [-0.1, -0.05) is 12.8 Å². The fraction of sp³-hybridized carbons (Fsp3) is 0.750. The Morgan fingerprint density at radius 3 is 2.43 bits per heavy atom. The van der Waals surface area contributed by atoms with Crippen molar-refractivity contribution in [3.05, 3.63) is 11.3 Å². The van der Waals surface area contributed by atoms with Crippen LogP contribution in [0.15, 0.2) is 11.3 Å². The van der Waals surface area contributed by atoms with Gasteiger partial charge in [0.25, 0.3) is 5.78 Å². The van der Waals surface area contributed by atoms with E-state index in [1.54, 1.807) is 4.90 Å². The van der Waals surface area contributed by atoms with Crippen LogP contribution in [-0.4, -0.2) is 42.5 Å². The monoisotopic (exact) mass is 331 g/mol. The number of ketones is 1. The van der Waals surface area contributed by atoms with Gasteiger partial charge in [0.2, 0.25) is 0 Å². The van der Waals surface area contributed by atoms with Crippen molar-refractivity contribution in [2.24, 2.45) is 5.41 Å². The number of halogens is 3. The van der Waals surface area contributed by atoms with Gasteiger partial charge >= 0.3 is 12.1 Å². The number of methoxy groups -OCH3 is 1. The predicted octanol–water partition coefficient (Wildman–Crippen LogP) is 2.97. The van der Waals surface area contributed by atoms with Gasteiger partial charge in [0.05, 0.1) is 7.11 Å². The number of rotatable bonds is 3. The molecule has 0 N–H and O–H groups in total. The molecule has 1 spiro atoms. The predicted molar refractivity (Wildman–Crippen MR) is 75.4 cm³/mol. The van der Waals surface area contributed by atoms with Crippen LogP contribution in [0.1, 0.15) is 44.9 Å². The molecule has 0 amide bonds. The first-order valence-corrected chi connectivity index (χ1v) is 8.00. The van der Waals surface area contributed by atoms with Crippen LogP contribution in [0, 0.1) is 5.41 Å². The number of allylic oxidation sites excluding steroid dienone is 2. The van der Waals surface area contributed by atoms with Gasteiger partial charge in [-0.2, -0.15) is 13.2 Å². The second kappa shape index (κ2) is 5.53. The van der Waals surface area contributed by atoms with E-state index >= 15 is 0 Å². The van der Waals surface area contributed by atoms with Crippen molar-refractivity contribution in [3.8, 4) is 0 Å². The van der Waals surface area contributed by atoms with Gasteiger partial charge in [-0.15, -0.1) is 0 Å². The van der Waals surface area contributed by atoms with Gasteiger partial charge in [-0.05, 0) is 32.1 Å². The number of carbonyl (C=O) groups is 2. The third kappa shape index (κ3) is 2.54. The molecule has 0 aromatic heterocycles. The lowest BCUT2D eigenvalue weighted by atomic mass is 9.63. The van der Waals surface area contributed by atoms with E-state index in [4.69, 9.17) is 4.74 Å². The number of hydrogen-bond donors (Lipinski definition) is 0. The second-order valence-corrected chi connectivity index (χ2v) is 6.69. The van der Waals surface area contributed by atoms with E-state index in [1.165, 1.54) is 7.11 Å². The van der Waals surface area contributed by atoms with Crippen LogP contribution in [-0.2, 0) is 14.3 Å². The van der Waals surface area contributed by atoms with Crippen molar-refractivity contribution < 1.29 is 27.5 Å². The Morgan fingerprint density at radius 1 is 1.22 bits per heavy atom. The lowest BCUT2D eigenvalue weighted by molar-refractivity contribution is -0.169. The summed E-state index contributed by atoms with van der Waals surface area (Å²) in [7, 11) is 1.27. The Labute approximate surface area is 132 Å². The summed E-state index contributed by atoms with van der Waals surface area (Å²) in [6.45, 7) is 0.500. The number of esters is 1. The third-order valence-electron chi connectivity index (χ3n) is 5.44. The average Bonchev–Trinajstić information content (AvgIpc) is 3.13. The minimum absolute atomic E-state index is 0.0849. The molecule has 4 nitrogen and oxygen atoms in total. The SMILES string of the molecule is COC(=O)C1CCCN1C1=C(C(=O)C(F)(F)F)C2(CCCC2)C1. The number of alkyl halides is 3. The molecule has 0 bridgehead atoms. The van der Waals surface area contributed by atoms with Crippen LogP contribution in [0.25, 0.3) is 0 Å². The van der Waals surface area contributed by atoms with Crippen LogP contribution in [0.5, 0.6) is 0 Å². The highest BCUT2D eigenvalue weighted by molar-refractivity contribution is 6.03. The van der Waals surface area contributed by atoms with Gasteiger partial charge in [-0.3, -0.25) is 4.79 Å². The van der Waals surface area contributed by atoms with Gasteiger partial charge < -0.3 is 9.64 Å². The Hall–Kier alpha value is -1.53. The normalized spacial score (nSPS) is 26.6. The Morgan fingerprint density at radius 2 is 1.87 bits per heavy atom. The molecule has 3 aliphatic rings. The summed E-state index contributed by atoms with van der Waals surface area (Å²) in [4.78, 5) is 25.5. The Kier molecular flexibility index (Phi) is 3.92. The number of Topliss-reactive ketones (excluding diaryl/α,β-unsaturated/α-hetero) is 1. The molecule has 7 heteroatoms. The maximum atomic E-state index is 13.0. The Bertz CT molecular complexity index is 561. The molecule has 1 aliphatic heterocycles. The third-order valence-corrected chi connectivity index (χ3v) is 5.44. The first kappa shape index (κ1) is 16.3. The quantitative estimate of drug-likeness (QED) is 0.746. The highest BCUT2D eigenvalue weighted by Gasteiger charge is 2.57. The lowest BCUT2D eigenvalue weighted by Crippen LogP contribution is -2.48. The highest BCUT2D eigenvalue weighted by Crippen LogP contribution is 2.59. The van der Waals surface area contributed by atoms with Crippen molar-refractivity contribution in [1.82, 2.24) is 4.90 Å². The molecule has 2 aliphatic carbocycles. The second-order valence-electron chi connectivity index (χ2n) is 6.69. The molecular weight excluding hydrogens is 311 g/mol. The summed E-state index contributed by atoms with van der Waals surface area (Å²) in [5.41, 5.74) is -0.286. The zero-order valence-corrected chi connectivity index (χ0v) is 13.0. The van der Waals surface area contributed by atoms with Gasteiger partial charge in [0, 0.05) is 23.2 Å². The molecule has 128 valence electrons. The van der Waals surface area contributed by atoms with Crippen LogP contribution in [0.4, 0.5) is 13.2 Å². The van der Waals surface area contributed by atoms with Crippen molar-refractivity contribution in [1.29, 1.82) is 0 Å². The molecular formula is C16H20F3NO3. The fourth-order valence-corrected chi connectivity index (χ4v) is 4.40. The standard InChI is InChI=1S/C16H20F3NO3/c1-23-14(22)10-5-4-8-20(10)11-9-15(6-2-3-7-15)12(11)13(21)16(17,18)19/h10H,2-9H2,1H3. The van der Waals surface area contributed by atoms with Crippen LogP contribution >= 0.6 is 0 Å². The van der Waals surface area contributed by atoms with Crippen molar-refractivity contribution >= 4 is 11.8 Å². The molecule has 1 saturated heterocycles. The van der Waals surface area contributed by atoms with Crippen molar-refractivity contribution in [2.75, 3.05) is 13.7 Å². The van der Waals surface area contributed by atoms with Crippen LogP contribution in [0.2, 0.25) is 0 Å². The number of likely N-dealkylation sites (tertiary alicyclic amines) is 1. The number of ether oxygens (including phenoxy) is 1. The zero-order valence-electron chi connectivity index (χ0n) is 13.0. The van der Waals surface area contributed by atoms with E-state index in [0.29, 0.717) is 44.3 Å². The summed E-state index contributed by atoms with van der Waals surface area (Å²) in [6, 6.07) is -0.565. The zero-order chi connectivity index (χ0) is 16.8. The molecule has 0 aromatic rings. The lowest BCUT2D eigenvalue weighted by Gasteiger charge is -2.47. The van der Waals surface area contributed by atoms with Crippen LogP contribution < -0.4 is 0 Å². The van der Waals surface area contributed by atoms with E-state index in [2.05, 4.69) is 0 Å². The molecule has 23 heavy (non-hydrogen) atoms. The van der Waals surface area contributed by atoms with Crippen LogP contribution in [0.3, 0.4) is 0 Å². The van der Waals surface area contributed by atoms with Crippen molar-refractivity contribution in [2.45, 2.75) is 57.2 Å². The summed E-state index contributed by atoms with van der Waals surface area (Å²) in [6.07, 6.45) is -0.172. The maximum Gasteiger partial charge on any atom is 0.454 e. The van der Waals surface area contributed by atoms with E-state index in [9.17, 15) is 22.8 Å². The molecule has 1 atom stereocenters. The number of carbonyl (C=O) groups excluding carboxylic acids is 2. The minimum Gasteiger partial charge on any atom is -0.467 e. The van der Waals surface area contributed by atoms with E-state index < -0.39 is 29.4 Å². The topological polar surface area (TPSA) is 46.6 Å².